The predicted molar refractivity (Wildman–Crippen MR) is 107 cm³/mol. The van der Waals surface area contributed by atoms with Gasteiger partial charge in [-0.1, -0.05) is 24.3 Å². The van der Waals surface area contributed by atoms with Crippen LogP contribution in [0.2, 0.25) is 0 Å². The Morgan fingerprint density at radius 2 is 1.79 bits per heavy atom. The molecule has 1 aromatic heterocycles. The van der Waals surface area contributed by atoms with E-state index < -0.39 is 5.91 Å². The molecule has 0 saturated carbocycles. The number of para-hydroxylation sites is 2. The SMILES string of the molecule is CCOc1ccccc1NC(=O)c1ccnc(C(=O)NCc2ccc(F)cc2)c1. The maximum atomic E-state index is 13.0. The Hall–Kier alpha value is -3.74. The third kappa shape index (κ3) is 5.38. The molecule has 3 rings (SSSR count). The summed E-state index contributed by atoms with van der Waals surface area (Å²) in [6, 6.07) is 15.9. The van der Waals surface area contributed by atoms with E-state index in [1.165, 1.54) is 30.5 Å². The van der Waals surface area contributed by atoms with Crippen LogP contribution in [0, 0.1) is 5.82 Å². The minimum atomic E-state index is -0.432. The highest BCUT2D eigenvalue weighted by Crippen LogP contribution is 2.24. The number of halogens is 1. The van der Waals surface area contributed by atoms with E-state index in [4.69, 9.17) is 4.74 Å². The minimum Gasteiger partial charge on any atom is -0.492 e. The molecule has 0 saturated heterocycles. The topological polar surface area (TPSA) is 80.3 Å². The van der Waals surface area contributed by atoms with Gasteiger partial charge >= 0.3 is 0 Å². The molecule has 0 spiro atoms. The maximum absolute atomic E-state index is 13.0. The summed E-state index contributed by atoms with van der Waals surface area (Å²) in [5, 5.41) is 5.48. The van der Waals surface area contributed by atoms with Crippen molar-refractivity contribution in [3.63, 3.8) is 0 Å². The van der Waals surface area contributed by atoms with Crippen LogP contribution in [0.25, 0.3) is 0 Å². The Morgan fingerprint density at radius 1 is 1.03 bits per heavy atom. The number of aromatic nitrogens is 1. The van der Waals surface area contributed by atoms with E-state index in [2.05, 4.69) is 15.6 Å². The van der Waals surface area contributed by atoms with Crippen LogP contribution in [0.15, 0.2) is 66.9 Å². The Morgan fingerprint density at radius 3 is 2.55 bits per heavy atom. The molecule has 0 unspecified atom stereocenters. The summed E-state index contributed by atoms with van der Waals surface area (Å²) < 4.78 is 18.5. The fourth-order valence-corrected chi connectivity index (χ4v) is 2.62. The average molecular weight is 393 g/mol. The van der Waals surface area contributed by atoms with Crippen molar-refractivity contribution < 1.29 is 18.7 Å². The van der Waals surface area contributed by atoms with Crippen molar-refractivity contribution in [1.82, 2.24) is 10.3 Å². The molecule has 0 aliphatic heterocycles. The molecule has 3 aromatic rings. The fourth-order valence-electron chi connectivity index (χ4n) is 2.62. The van der Waals surface area contributed by atoms with Gasteiger partial charge in [0.05, 0.1) is 12.3 Å². The molecule has 2 aromatic carbocycles. The zero-order chi connectivity index (χ0) is 20.6. The number of nitrogens with zero attached hydrogens (tertiary/aromatic N) is 1. The molecule has 0 bridgehead atoms. The largest absolute Gasteiger partial charge is 0.492 e. The second-order valence-electron chi connectivity index (χ2n) is 6.12. The first-order valence-electron chi connectivity index (χ1n) is 9.08. The molecular formula is C22H20FN3O3. The zero-order valence-corrected chi connectivity index (χ0v) is 15.8. The van der Waals surface area contributed by atoms with Crippen molar-refractivity contribution in [2.75, 3.05) is 11.9 Å². The molecule has 0 radical (unpaired) electrons. The van der Waals surface area contributed by atoms with Gasteiger partial charge in [-0.2, -0.15) is 0 Å². The molecule has 7 heteroatoms. The van der Waals surface area contributed by atoms with Crippen molar-refractivity contribution >= 4 is 17.5 Å². The van der Waals surface area contributed by atoms with E-state index >= 15 is 0 Å². The second kappa shape index (κ2) is 9.45. The molecule has 0 aliphatic rings. The molecule has 0 atom stereocenters. The van der Waals surface area contributed by atoms with Crippen LogP contribution in [-0.4, -0.2) is 23.4 Å². The summed E-state index contributed by atoms with van der Waals surface area (Å²) in [4.78, 5) is 29.0. The third-order valence-corrected chi connectivity index (χ3v) is 4.06. The molecule has 29 heavy (non-hydrogen) atoms. The highest BCUT2D eigenvalue weighted by Gasteiger charge is 2.13. The van der Waals surface area contributed by atoms with E-state index in [0.717, 1.165) is 5.56 Å². The summed E-state index contributed by atoms with van der Waals surface area (Å²) in [5.41, 5.74) is 1.69. The Kier molecular flexibility index (Phi) is 6.52. The van der Waals surface area contributed by atoms with Crippen LogP contribution in [-0.2, 0) is 6.54 Å². The van der Waals surface area contributed by atoms with E-state index in [0.29, 0.717) is 23.6 Å². The molecule has 0 fully saturated rings. The summed E-state index contributed by atoms with van der Waals surface area (Å²) >= 11 is 0. The lowest BCUT2D eigenvalue weighted by atomic mass is 10.2. The van der Waals surface area contributed by atoms with Crippen LogP contribution in [0.5, 0.6) is 5.75 Å². The first-order valence-corrected chi connectivity index (χ1v) is 9.08. The minimum absolute atomic E-state index is 0.109. The lowest BCUT2D eigenvalue weighted by molar-refractivity contribution is 0.0946. The van der Waals surface area contributed by atoms with Crippen molar-refractivity contribution in [1.29, 1.82) is 0 Å². The summed E-state index contributed by atoms with van der Waals surface area (Å²) in [6.45, 7) is 2.55. The van der Waals surface area contributed by atoms with Crippen LogP contribution in [0.4, 0.5) is 10.1 Å². The average Bonchev–Trinajstić information content (AvgIpc) is 2.75. The Labute approximate surface area is 167 Å². The summed E-state index contributed by atoms with van der Waals surface area (Å²) in [7, 11) is 0. The van der Waals surface area contributed by atoms with Crippen LogP contribution < -0.4 is 15.4 Å². The standard InChI is InChI=1S/C22H20FN3O3/c1-2-29-20-6-4-3-5-18(20)26-21(27)16-11-12-24-19(13-16)22(28)25-14-15-7-9-17(23)10-8-15/h3-13H,2,14H2,1H3,(H,25,28)(H,26,27). The number of carbonyl (C=O) groups is 2. The smallest absolute Gasteiger partial charge is 0.270 e. The van der Waals surface area contributed by atoms with Gasteiger partial charge in [-0.15, -0.1) is 0 Å². The number of hydrogen-bond acceptors (Lipinski definition) is 4. The summed E-state index contributed by atoms with van der Waals surface area (Å²) in [6.07, 6.45) is 1.40. The molecular weight excluding hydrogens is 373 g/mol. The van der Waals surface area contributed by atoms with Gasteiger partial charge in [0.2, 0.25) is 0 Å². The highest BCUT2D eigenvalue weighted by atomic mass is 19.1. The lowest BCUT2D eigenvalue weighted by Gasteiger charge is -2.11. The Bertz CT molecular complexity index is 1010. The van der Waals surface area contributed by atoms with E-state index in [1.54, 1.807) is 30.3 Å². The number of hydrogen-bond donors (Lipinski definition) is 2. The van der Waals surface area contributed by atoms with Gasteiger partial charge < -0.3 is 15.4 Å². The van der Waals surface area contributed by atoms with Crippen molar-refractivity contribution in [3.05, 3.63) is 89.5 Å². The van der Waals surface area contributed by atoms with Gasteiger partial charge in [0.15, 0.2) is 0 Å². The number of ether oxygens (including phenoxy) is 1. The normalized spacial score (nSPS) is 10.3. The van der Waals surface area contributed by atoms with E-state index in [1.807, 2.05) is 13.0 Å². The second-order valence-corrected chi connectivity index (χ2v) is 6.12. The molecule has 148 valence electrons. The van der Waals surface area contributed by atoms with E-state index in [9.17, 15) is 14.0 Å². The molecule has 1 heterocycles. The van der Waals surface area contributed by atoms with Crippen molar-refractivity contribution in [3.8, 4) is 5.75 Å². The van der Waals surface area contributed by atoms with Gasteiger partial charge in [-0.25, -0.2) is 4.39 Å². The zero-order valence-electron chi connectivity index (χ0n) is 15.8. The van der Waals surface area contributed by atoms with Gasteiger partial charge in [-0.05, 0) is 48.9 Å². The molecule has 0 aliphatic carbocycles. The Balaban J connectivity index is 1.67. The number of rotatable bonds is 7. The predicted octanol–water partition coefficient (Wildman–Crippen LogP) is 3.80. The number of amides is 2. The first kappa shape index (κ1) is 20.0. The van der Waals surface area contributed by atoms with Gasteiger partial charge in [-0.3, -0.25) is 14.6 Å². The van der Waals surface area contributed by atoms with Crippen LogP contribution in [0.1, 0.15) is 33.3 Å². The van der Waals surface area contributed by atoms with Crippen LogP contribution >= 0.6 is 0 Å². The van der Waals surface area contributed by atoms with Crippen molar-refractivity contribution in [2.24, 2.45) is 0 Å². The van der Waals surface area contributed by atoms with Crippen molar-refractivity contribution in [2.45, 2.75) is 13.5 Å². The monoisotopic (exact) mass is 393 g/mol. The van der Waals surface area contributed by atoms with E-state index in [-0.39, 0.29) is 24.0 Å². The number of nitrogens with one attached hydrogen (secondary N) is 2. The molecule has 6 nitrogen and oxygen atoms in total. The lowest BCUT2D eigenvalue weighted by Crippen LogP contribution is -2.24. The van der Waals surface area contributed by atoms with Crippen LogP contribution in [0.3, 0.4) is 0 Å². The first-order chi connectivity index (χ1) is 14.1. The number of pyridine rings is 1. The number of carbonyl (C=O) groups excluding carboxylic acids is 2. The fraction of sp³-hybridized carbons (Fsp3) is 0.136. The quantitative estimate of drug-likeness (QED) is 0.640. The number of benzene rings is 2. The molecule has 2 amide bonds. The number of anilines is 1. The van der Waals surface area contributed by atoms with Gasteiger partial charge in [0.1, 0.15) is 17.3 Å². The third-order valence-electron chi connectivity index (χ3n) is 4.06. The molecule has 2 N–H and O–H groups in total. The van der Waals surface area contributed by atoms with Gasteiger partial charge in [0.25, 0.3) is 11.8 Å². The highest BCUT2D eigenvalue weighted by molar-refractivity contribution is 6.06. The summed E-state index contributed by atoms with van der Waals surface area (Å²) in [5.74, 6) is -0.591. The van der Waals surface area contributed by atoms with Gasteiger partial charge in [0, 0.05) is 18.3 Å². The maximum Gasteiger partial charge on any atom is 0.270 e.